The van der Waals surface area contributed by atoms with Gasteiger partial charge in [0, 0.05) is 6.16 Å². The molecule has 15 heavy (non-hydrogen) atoms. The van der Waals surface area contributed by atoms with Gasteiger partial charge in [-0.15, -0.1) is 0 Å². The highest BCUT2D eigenvalue weighted by Gasteiger charge is 2.07. The zero-order valence-corrected chi connectivity index (χ0v) is 11.0. The van der Waals surface area contributed by atoms with Crippen molar-refractivity contribution >= 4 is 18.7 Å². The average Bonchev–Trinajstić information content (AvgIpc) is 2.22. The van der Waals surface area contributed by atoms with E-state index in [0.29, 0.717) is 0 Å². The van der Waals surface area contributed by atoms with E-state index in [-0.39, 0.29) is 0 Å². The van der Waals surface area contributed by atoms with Crippen molar-refractivity contribution in [2.45, 2.75) is 33.1 Å². The second kappa shape index (κ2) is 7.09. The van der Waals surface area contributed by atoms with Crippen molar-refractivity contribution in [3.05, 3.63) is 29.8 Å². The van der Waals surface area contributed by atoms with Gasteiger partial charge in [0.1, 0.15) is 5.75 Å². The van der Waals surface area contributed by atoms with Gasteiger partial charge < -0.3 is 4.52 Å². The summed E-state index contributed by atoms with van der Waals surface area (Å²) in [6.07, 6.45) is 4.61. The largest absolute Gasteiger partial charge is 0.457 e. The van der Waals surface area contributed by atoms with Gasteiger partial charge in [-0.2, -0.15) is 0 Å². The molecule has 3 heteroatoms. The first-order valence-corrected chi connectivity index (χ1v) is 7.76. The molecule has 1 aromatic rings. The molecule has 1 rings (SSSR count). The maximum absolute atomic E-state index is 6.17. The van der Waals surface area contributed by atoms with E-state index in [1.54, 1.807) is 0 Å². The molecule has 0 amide bonds. The van der Waals surface area contributed by atoms with E-state index in [1.165, 1.54) is 12.8 Å². The Morgan fingerprint density at radius 1 is 1.27 bits per heavy atom. The van der Waals surface area contributed by atoms with E-state index in [1.807, 2.05) is 31.2 Å². The third kappa shape index (κ3) is 4.86. The quantitative estimate of drug-likeness (QED) is 0.499. The van der Waals surface area contributed by atoms with Gasteiger partial charge in [-0.05, 0) is 36.2 Å². The Morgan fingerprint density at radius 2 is 2.00 bits per heavy atom. The molecule has 0 N–H and O–H groups in total. The third-order valence-electron chi connectivity index (χ3n) is 2.23. The van der Waals surface area contributed by atoms with Gasteiger partial charge in [0.2, 0.25) is 0 Å². The molecule has 0 spiro atoms. The minimum Gasteiger partial charge on any atom is -0.457 e. The first kappa shape index (κ1) is 12.8. The van der Waals surface area contributed by atoms with E-state index in [4.69, 9.17) is 15.8 Å². The summed E-state index contributed by atoms with van der Waals surface area (Å²) in [6.45, 7) is 4.24. The molecule has 0 aromatic heterocycles. The Bertz CT molecular complexity index is 291. The fraction of sp³-hybridized carbons (Fsp3) is 0.500. The fourth-order valence-corrected chi connectivity index (χ4v) is 2.86. The number of hydrogen-bond donors (Lipinski definition) is 0. The van der Waals surface area contributed by atoms with Crippen LogP contribution in [0.2, 0.25) is 0 Å². The number of hydrogen-bond acceptors (Lipinski definition) is 1. The van der Waals surface area contributed by atoms with E-state index < -0.39 is 7.50 Å². The van der Waals surface area contributed by atoms with Crippen molar-refractivity contribution in [1.29, 1.82) is 0 Å². The smallest absolute Gasteiger partial charge is 0.182 e. The van der Waals surface area contributed by atoms with E-state index in [9.17, 15) is 0 Å². The first-order chi connectivity index (χ1) is 7.24. The third-order valence-corrected chi connectivity index (χ3v) is 4.01. The van der Waals surface area contributed by atoms with Crippen LogP contribution in [0.3, 0.4) is 0 Å². The summed E-state index contributed by atoms with van der Waals surface area (Å²) in [4.78, 5) is 0. The first-order valence-electron chi connectivity index (χ1n) is 5.41. The number of benzene rings is 1. The Hall–Kier alpha value is -0.260. The lowest BCUT2D eigenvalue weighted by atomic mass is 10.2. The van der Waals surface area contributed by atoms with Gasteiger partial charge in [-0.3, -0.25) is 0 Å². The van der Waals surface area contributed by atoms with Crippen molar-refractivity contribution < 1.29 is 4.52 Å². The lowest BCUT2D eigenvalue weighted by Gasteiger charge is -2.13. The standard InChI is InChI=1S/C12H18ClOP/c1-3-4-7-10-15(13)14-12-9-6-5-8-11(12)2/h5-6,8-9H,3-4,7,10H2,1-2H3. The van der Waals surface area contributed by atoms with Crippen LogP contribution in [0.1, 0.15) is 31.7 Å². The molecule has 0 aliphatic carbocycles. The Balaban J connectivity index is 2.37. The van der Waals surface area contributed by atoms with Gasteiger partial charge in [-0.25, -0.2) is 0 Å². The van der Waals surface area contributed by atoms with Gasteiger partial charge in [-0.1, -0.05) is 38.0 Å². The summed E-state index contributed by atoms with van der Waals surface area (Å²) in [5.74, 6) is 0.926. The number of aryl methyl sites for hydroxylation is 1. The molecule has 1 nitrogen and oxygen atoms in total. The number of unbranched alkanes of at least 4 members (excludes halogenated alkanes) is 2. The van der Waals surface area contributed by atoms with Gasteiger partial charge in [0.15, 0.2) is 7.50 Å². The minimum absolute atomic E-state index is 0.812. The van der Waals surface area contributed by atoms with Crippen molar-refractivity contribution in [1.82, 2.24) is 0 Å². The van der Waals surface area contributed by atoms with Gasteiger partial charge in [0.05, 0.1) is 0 Å². The number of halogens is 1. The normalized spacial score (nSPS) is 12.5. The molecule has 84 valence electrons. The van der Waals surface area contributed by atoms with Crippen LogP contribution in [0.5, 0.6) is 5.75 Å². The summed E-state index contributed by atoms with van der Waals surface area (Å²) in [7, 11) is -0.812. The highest BCUT2D eigenvalue weighted by molar-refractivity contribution is 7.80. The fourth-order valence-electron chi connectivity index (χ4n) is 1.30. The topological polar surface area (TPSA) is 9.23 Å². The molecule has 0 saturated carbocycles. The van der Waals surface area contributed by atoms with Crippen LogP contribution in [0.4, 0.5) is 0 Å². The minimum atomic E-state index is -0.812. The Morgan fingerprint density at radius 3 is 2.67 bits per heavy atom. The summed E-state index contributed by atoms with van der Waals surface area (Å²) in [5, 5.41) is 0. The monoisotopic (exact) mass is 244 g/mol. The maximum atomic E-state index is 6.17. The Kier molecular flexibility index (Phi) is 6.05. The zero-order valence-electron chi connectivity index (χ0n) is 9.37. The molecule has 1 atom stereocenters. The number of rotatable bonds is 6. The highest BCUT2D eigenvalue weighted by atomic mass is 35.7. The zero-order chi connectivity index (χ0) is 11.1. The van der Waals surface area contributed by atoms with Crippen LogP contribution >= 0.6 is 18.7 Å². The lowest BCUT2D eigenvalue weighted by Crippen LogP contribution is -1.90. The molecule has 1 unspecified atom stereocenters. The molecule has 0 saturated heterocycles. The maximum Gasteiger partial charge on any atom is 0.182 e. The molecular weight excluding hydrogens is 227 g/mol. The molecular formula is C12H18ClOP. The average molecular weight is 245 g/mol. The van der Waals surface area contributed by atoms with Crippen molar-refractivity contribution in [2.24, 2.45) is 0 Å². The molecule has 0 aliphatic heterocycles. The molecule has 1 aromatic carbocycles. The van der Waals surface area contributed by atoms with Gasteiger partial charge in [0.25, 0.3) is 0 Å². The molecule has 0 radical (unpaired) electrons. The molecule has 0 heterocycles. The summed E-state index contributed by atoms with van der Waals surface area (Å²) in [5.41, 5.74) is 1.15. The lowest BCUT2D eigenvalue weighted by molar-refractivity contribution is 0.614. The van der Waals surface area contributed by atoms with E-state index >= 15 is 0 Å². The second-order valence-electron chi connectivity index (χ2n) is 3.61. The number of para-hydroxylation sites is 1. The van der Waals surface area contributed by atoms with Crippen molar-refractivity contribution in [3.63, 3.8) is 0 Å². The van der Waals surface area contributed by atoms with E-state index in [0.717, 1.165) is 23.9 Å². The summed E-state index contributed by atoms with van der Waals surface area (Å²) < 4.78 is 5.72. The molecule has 0 aliphatic rings. The predicted molar refractivity (Wildman–Crippen MR) is 69.0 cm³/mol. The van der Waals surface area contributed by atoms with Crippen molar-refractivity contribution in [3.8, 4) is 5.75 Å². The van der Waals surface area contributed by atoms with Crippen LogP contribution in [0, 0.1) is 6.92 Å². The molecule has 0 fully saturated rings. The van der Waals surface area contributed by atoms with Crippen LogP contribution in [0.15, 0.2) is 24.3 Å². The highest BCUT2D eigenvalue weighted by Crippen LogP contribution is 2.44. The molecule has 0 bridgehead atoms. The van der Waals surface area contributed by atoms with Gasteiger partial charge >= 0.3 is 0 Å². The second-order valence-corrected chi connectivity index (χ2v) is 6.00. The summed E-state index contributed by atoms with van der Waals surface area (Å²) in [6, 6.07) is 8.01. The van der Waals surface area contributed by atoms with Crippen LogP contribution in [-0.2, 0) is 0 Å². The Labute approximate surface area is 98.4 Å². The van der Waals surface area contributed by atoms with Crippen LogP contribution in [-0.4, -0.2) is 6.16 Å². The predicted octanol–water partition coefficient (Wildman–Crippen LogP) is 5.11. The SMILES string of the molecule is CCCCCP(Cl)Oc1ccccc1C. The summed E-state index contributed by atoms with van der Waals surface area (Å²) >= 11 is 6.17. The van der Waals surface area contributed by atoms with Crippen LogP contribution in [0.25, 0.3) is 0 Å². The van der Waals surface area contributed by atoms with E-state index in [2.05, 4.69) is 6.92 Å². The van der Waals surface area contributed by atoms with Crippen LogP contribution < -0.4 is 4.52 Å². The van der Waals surface area contributed by atoms with Crippen molar-refractivity contribution in [2.75, 3.05) is 6.16 Å².